The summed E-state index contributed by atoms with van der Waals surface area (Å²) in [4.78, 5) is 2.31. The van der Waals surface area contributed by atoms with Crippen molar-refractivity contribution in [3.8, 4) is 0 Å². The number of halogens is 2. The second-order valence-electron chi connectivity index (χ2n) is 6.27. The van der Waals surface area contributed by atoms with E-state index in [1.807, 2.05) is 0 Å². The van der Waals surface area contributed by atoms with E-state index < -0.39 is 15.8 Å². The van der Waals surface area contributed by atoms with E-state index in [0.717, 1.165) is 45.0 Å². The van der Waals surface area contributed by atoms with Gasteiger partial charge in [0.2, 0.25) is 10.0 Å². The lowest BCUT2D eigenvalue weighted by molar-refractivity contribution is 0.0749. The fraction of sp³-hybridized carbons (Fsp3) is 0.625. The summed E-state index contributed by atoms with van der Waals surface area (Å²) < 4.78 is 45.9. The normalized spacial score (nSPS) is 24.2. The Labute approximate surface area is 147 Å². The molecule has 3 rings (SSSR count). The first-order valence-electron chi connectivity index (χ1n) is 8.26. The Morgan fingerprint density at radius 1 is 1.21 bits per heavy atom. The Morgan fingerprint density at radius 3 is 2.75 bits per heavy atom. The van der Waals surface area contributed by atoms with Gasteiger partial charge in [-0.25, -0.2) is 12.8 Å². The number of hydrogen-bond donors (Lipinski definition) is 0. The summed E-state index contributed by atoms with van der Waals surface area (Å²) in [6.45, 7) is 4.09. The van der Waals surface area contributed by atoms with Crippen LogP contribution in [0.3, 0.4) is 0 Å². The van der Waals surface area contributed by atoms with Crippen molar-refractivity contribution < 1.29 is 17.5 Å². The van der Waals surface area contributed by atoms with Crippen molar-refractivity contribution in [2.75, 3.05) is 39.3 Å². The van der Waals surface area contributed by atoms with E-state index in [0.29, 0.717) is 19.6 Å². The molecule has 2 fully saturated rings. The monoisotopic (exact) mass is 376 g/mol. The highest BCUT2D eigenvalue weighted by molar-refractivity contribution is 7.89. The summed E-state index contributed by atoms with van der Waals surface area (Å²) in [6, 6.07) is 3.55. The Morgan fingerprint density at radius 2 is 2.04 bits per heavy atom. The molecule has 1 atom stereocenters. The Balaban J connectivity index is 1.66. The largest absolute Gasteiger partial charge is 0.377 e. The van der Waals surface area contributed by atoms with Gasteiger partial charge in [-0.2, -0.15) is 4.31 Å². The van der Waals surface area contributed by atoms with Gasteiger partial charge >= 0.3 is 0 Å². The predicted octanol–water partition coefficient (Wildman–Crippen LogP) is 2.35. The van der Waals surface area contributed by atoms with E-state index in [1.165, 1.54) is 16.4 Å². The van der Waals surface area contributed by atoms with Crippen LogP contribution < -0.4 is 0 Å². The number of rotatable bonds is 4. The van der Waals surface area contributed by atoms with Crippen LogP contribution in [0.1, 0.15) is 19.3 Å². The van der Waals surface area contributed by atoms with E-state index in [2.05, 4.69) is 4.90 Å². The van der Waals surface area contributed by atoms with Crippen LogP contribution in [-0.2, 0) is 14.8 Å². The molecule has 0 aromatic heterocycles. The van der Waals surface area contributed by atoms with E-state index in [9.17, 15) is 12.8 Å². The highest BCUT2D eigenvalue weighted by Crippen LogP contribution is 2.23. The van der Waals surface area contributed by atoms with Gasteiger partial charge in [-0.3, -0.25) is 4.90 Å². The molecular formula is C16H22ClFN2O3S. The maximum atomic E-state index is 13.3. The SMILES string of the molecule is O=S(=O)(c1ccc(F)c(Cl)c1)N1CCCN(CC2CCCO2)CC1. The number of nitrogens with zero attached hydrogens (tertiary/aromatic N) is 2. The topological polar surface area (TPSA) is 49.9 Å². The maximum absolute atomic E-state index is 13.3. The fourth-order valence-corrected chi connectivity index (χ4v) is 4.97. The standard InChI is InChI=1S/C16H22ClFN2O3S/c17-15-11-14(4-5-16(15)18)24(21,22)20-7-2-6-19(8-9-20)12-13-3-1-10-23-13/h4-5,11,13H,1-3,6-10,12H2. The van der Waals surface area contributed by atoms with Gasteiger partial charge in [-0.1, -0.05) is 11.6 Å². The predicted molar refractivity (Wildman–Crippen MR) is 90.2 cm³/mol. The van der Waals surface area contributed by atoms with Crippen LogP contribution in [0.2, 0.25) is 5.02 Å². The molecule has 134 valence electrons. The van der Waals surface area contributed by atoms with Gasteiger partial charge in [0, 0.05) is 32.8 Å². The van der Waals surface area contributed by atoms with Crippen LogP contribution in [0.25, 0.3) is 0 Å². The molecule has 0 aliphatic carbocycles. The summed E-state index contributed by atoms with van der Waals surface area (Å²) in [6.07, 6.45) is 3.21. The van der Waals surface area contributed by atoms with Crippen LogP contribution in [-0.4, -0.2) is 63.1 Å². The fourth-order valence-electron chi connectivity index (χ4n) is 3.23. The second-order valence-corrected chi connectivity index (χ2v) is 8.61. The van der Waals surface area contributed by atoms with Gasteiger partial charge in [-0.05, 0) is 44.0 Å². The van der Waals surface area contributed by atoms with Gasteiger partial charge in [0.15, 0.2) is 0 Å². The van der Waals surface area contributed by atoms with E-state index >= 15 is 0 Å². The average Bonchev–Trinajstić information content (AvgIpc) is 2.93. The Hall–Kier alpha value is -0.730. The summed E-state index contributed by atoms with van der Waals surface area (Å²) >= 11 is 5.73. The molecule has 0 amide bonds. The molecule has 1 aromatic rings. The molecule has 0 saturated carbocycles. The molecule has 1 aromatic carbocycles. The molecule has 2 aliphatic rings. The molecule has 5 nitrogen and oxygen atoms in total. The Bertz CT molecular complexity index is 680. The van der Waals surface area contributed by atoms with Gasteiger partial charge in [0.1, 0.15) is 5.82 Å². The summed E-state index contributed by atoms with van der Waals surface area (Å²) in [5.41, 5.74) is 0. The van der Waals surface area contributed by atoms with E-state index in [1.54, 1.807) is 0 Å². The molecular weight excluding hydrogens is 355 g/mol. The van der Waals surface area contributed by atoms with E-state index in [4.69, 9.17) is 16.3 Å². The Kier molecular flexibility index (Phi) is 5.77. The van der Waals surface area contributed by atoms with Crippen molar-refractivity contribution in [2.24, 2.45) is 0 Å². The van der Waals surface area contributed by atoms with Crippen LogP contribution in [0.4, 0.5) is 4.39 Å². The highest BCUT2D eigenvalue weighted by Gasteiger charge is 2.28. The zero-order valence-corrected chi connectivity index (χ0v) is 15.0. The third-order valence-corrected chi connectivity index (χ3v) is 6.75. The van der Waals surface area contributed by atoms with Crippen LogP contribution in [0.5, 0.6) is 0 Å². The van der Waals surface area contributed by atoms with Crippen molar-refractivity contribution in [3.05, 3.63) is 29.0 Å². The molecule has 2 saturated heterocycles. The third kappa shape index (κ3) is 4.08. The molecule has 0 N–H and O–H groups in total. The average molecular weight is 377 g/mol. The minimum atomic E-state index is -3.65. The zero-order valence-electron chi connectivity index (χ0n) is 13.5. The molecule has 0 spiro atoms. The van der Waals surface area contributed by atoms with Gasteiger partial charge < -0.3 is 4.74 Å². The second kappa shape index (κ2) is 7.66. The first-order valence-corrected chi connectivity index (χ1v) is 10.1. The molecule has 1 unspecified atom stereocenters. The zero-order chi connectivity index (χ0) is 17.2. The molecule has 24 heavy (non-hydrogen) atoms. The number of ether oxygens (including phenoxy) is 1. The van der Waals surface area contributed by atoms with Crippen molar-refractivity contribution in [1.29, 1.82) is 0 Å². The van der Waals surface area contributed by atoms with Gasteiger partial charge in [-0.15, -0.1) is 0 Å². The molecule has 2 heterocycles. The van der Waals surface area contributed by atoms with Crippen LogP contribution in [0, 0.1) is 5.82 Å². The lowest BCUT2D eigenvalue weighted by atomic mass is 10.2. The van der Waals surface area contributed by atoms with Crippen molar-refractivity contribution >= 4 is 21.6 Å². The highest BCUT2D eigenvalue weighted by atomic mass is 35.5. The first kappa shape index (κ1) is 18.1. The van der Waals surface area contributed by atoms with Crippen molar-refractivity contribution in [3.63, 3.8) is 0 Å². The van der Waals surface area contributed by atoms with Crippen molar-refractivity contribution in [2.45, 2.75) is 30.3 Å². The van der Waals surface area contributed by atoms with Crippen LogP contribution in [0.15, 0.2) is 23.1 Å². The smallest absolute Gasteiger partial charge is 0.243 e. The summed E-state index contributed by atoms with van der Waals surface area (Å²) in [7, 11) is -3.65. The first-order chi connectivity index (χ1) is 11.5. The number of hydrogen-bond acceptors (Lipinski definition) is 4. The molecule has 0 bridgehead atoms. The minimum Gasteiger partial charge on any atom is -0.377 e. The van der Waals surface area contributed by atoms with E-state index in [-0.39, 0.29) is 16.0 Å². The van der Waals surface area contributed by atoms with Crippen molar-refractivity contribution in [1.82, 2.24) is 9.21 Å². The molecule has 2 aliphatic heterocycles. The summed E-state index contributed by atoms with van der Waals surface area (Å²) in [5, 5.41) is -0.175. The number of sulfonamides is 1. The molecule has 0 radical (unpaired) electrons. The summed E-state index contributed by atoms with van der Waals surface area (Å²) in [5.74, 6) is -0.616. The number of benzene rings is 1. The lowest BCUT2D eigenvalue weighted by Gasteiger charge is -2.24. The lowest BCUT2D eigenvalue weighted by Crippen LogP contribution is -2.37. The maximum Gasteiger partial charge on any atom is 0.243 e. The molecule has 8 heteroatoms. The minimum absolute atomic E-state index is 0.0430. The third-order valence-electron chi connectivity index (χ3n) is 4.56. The quantitative estimate of drug-likeness (QED) is 0.809. The van der Waals surface area contributed by atoms with Crippen LogP contribution >= 0.6 is 11.6 Å². The van der Waals surface area contributed by atoms with Gasteiger partial charge in [0.25, 0.3) is 0 Å². The van der Waals surface area contributed by atoms with Gasteiger partial charge in [0.05, 0.1) is 16.0 Å².